The van der Waals surface area contributed by atoms with Crippen LogP contribution in [0.3, 0.4) is 0 Å². The Morgan fingerprint density at radius 3 is 2.32 bits per heavy atom. The van der Waals surface area contributed by atoms with E-state index in [1.807, 2.05) is 4.90 Å². The van der Waals surface area contributed by atoms with Gasteiger partial charge in [0, 0.05) is 25.4 Å². The minimum Gasteiger partial charge on any atom is -0.369 e. The molecule has 4 heteroatoms. The largest absolute Gasteiger partial charge is 0.369 e. The summed E-state index contributed by atoms with van der Waals surface area (Å²) in [6, 6.07) is 0. The Morgan fingerprint density at radius 2 is 1.79 bits per heavy atom. The van der Waals surface area contributed by atoms with Crippen molar-refractivity contribution in [2.45, 2.75) is 44.9 Å². The zero-order valence-electron chi connectivity index (χ0n) is 11.5. The summed E-state index contributed by atoms with van der Waals surface area (Å²) in [7, 11) is 0. The molecule has 2 amide bonds. The zero-order chi connectivity index (χ0) is 13.4. The summed E-state index contributed by atoms with van der Waals surface area (Å²) in [6.07, 6.45) is 7.60. The van der Waals surface area contributed by atoms with Crippen LogP contribution in [0.25, 0.3) is 0 Å². The van der Waals surface area contributed by atoms with E-state index in [4.69, 9.17) is 5.73 Å². The smallest absolute Gasteiger partial charge is 0.222 e. The van der Waals surface area contributed by atoms with E-state index in [9.17, 15) is 9.59 Å². The summed E-state index contributed by atoms with van der Waals surface area (Å²) < 4.78 is 0. The predicted molar refractivity (Wildman–Crippen MR) is 72.1 cm³/mol. The lowest BCUT2D eigenvalue weighted by Crippen LogP contribution is -2.42. The number of nitrogens with two attached hydrogens (primary N) is 1. The van der Waals surface area contributed by atoms with Crippen molar-refractivity contribution in [2.24, 2.45) is 29.4 Å². The average molecular weight is 264 g/mol. The molecular formula is C15H24N2O2. The molecule has 0 aromatic carbocycles. The van der Waals surface area contributed by atoms with E-state index in [1.165, 1.54) is 25.7 Å². The van der Waals surface area contributed by atoms with Crippen LogP contribution in [0.1, 0.15) is 44.9 Å². The minimum atomic E-state index is -0.208. The average Bonchev–Trinajstić information content (AvgIpc) is 3.01. The fraction of sp³-hybridized carbons (Fsp3) is 0.867. The molecule has 106 valence electrons. The Labute approximate surface area is 114 Å². The standard InChI is InChI=1S/C15H24N2O2/c16-15(19)11-3-5-17(6-4-11)14(18)9-13-8-10-1-2-12(13)7-10/h10-13H,1-9H2,(H2,16,19)/t10-,12-,13+/m0/s1. The molecule has 0 aromatic heterocycles. The van der Waals surface area contributed by atoms with Gasteiger partial charge in [-0.05, 0) is 49.9 Å². The Balaban J connectivity index is 1.48. The maximum atomic E-state index is 12.3. The van der Waals surface area contributed by atoms with Crippen LogP contribution in [0, 0.1) is 23.7 Å². The minimum absolute atomic E-state index is 0.0217. The van der Waals surface area contributed by atoms with Gasteiger partial charge in [-0.2, -0.15) is 0 Å². The van der Waals surface area contributed by atoms with Crippen LogP contribution in [-0.2, 0) is 9.59 Å². The van der Waals surface area contributed by atoms with Gasteiger partial charge < -0.3 is 10.6 Å². The summed E-state index contributed by atoms with van der Waals surface area (Å²) in [5.41, 5.74) is 5.32. The van der Waals surface area contributed by atoms with Crippen molar-refractivity contribution in [3.8, 4) is 0 Å². The van der Waals surface area contributed by atoms with Crippen LogP contribution in [0.5, 0.6) is 0 Å². The van der Waals surface area contributed by atoms with Crippen molar-refractivity contribution in [1.29, 1.82) is 0 Å². The van der Waals surface area contributed by atoms with Gasteiger partial charge in [-0.15, -0.1) is 0 Å². The molecule has 0 aromatic rings. The lowest BCUT2D eigenvalue weighted by atomic mass is 9.86. The second-order valence-electron chi connectivity index (χ2n) is 6.70. The fourth-order valence-corrected chi connectivity index (χ4v) is 4.39. The molecule has 19 heavy (non-hydrogen) atoms. The van der Waals surface area contributed by atoms with Crippen molar-refractivity contribution in [3.05, 3.63) is 0 Å². The van der Waals surface area contributed by atoms with Crippen molar-refractivity contribution in [3.63, 3.8) is 0 Å². The summed E-state index contributed by atoms with van der Waals surface area (Å²) in [5.74, 6) is 2.44. The van der Waals surface area contributed by atoms with Crippen molar-refractivity contribution < 1.29 is 9.59 Å². The first-order valence-corrected chi connectivity index (χ1v) is 7.70. The van der Waals surface area contributed by atoms with Crippen LogP contribution in [-0.4, -0.2) is 29.8 Å². The molecule has 0 unspecified atom stereocenters. The molecule has 3 aliphatic rings. The van der Waals surface area contributed by atoms with Gasteiger partial charge in [0.25, 0.3) is 0 Å². The molecule has 2 N–H and O–H groups in total. The molecule has 2 aliphatic carbocycles. The number of piperidine rings is 1. The third-order valence-corrected chi connectivity index (χ3v) is 5.57. The van der Waals surface area contributed by atoms with Crippen molar-refractivity contribution >= 4 is 11.8 Å². The highest BCUT2D eigenvalue weighted by Crippen LogP contribution is 2.49. The van der Waals surface area contributed by atoms with Gasteiger partial charge in [0.2, 0.25) is 11.8 Å². The highest BCUT2D eigenvalue weighted by molar-refractivity contribution is 5.79. The number of carbonyl (C=O) groups is 2. The number of carbonyl (C=O) groups excluding carboxylic acids is 2. The van der Waals surface area contributed by atoms with Gasteiger partial charge in [-0.25, -0.2) is 0 Å². The first kappa shape index (κ1) is 12.9. The van der Waals surface area contributed by atoms with Crippen LogP contribution in [0.4, 0.5) is 0 Å². The third-order valence-electron chi connectivity index (χ3n) is 5.57. The van der Waals surface area contributed by atoms with E-state index in [0.717, 1.165) is 31.1 Å². The molecule has 3 fully saturated rings. The van der Waals surface area contributed by atoms with Gasteiger partial charge in [-0.1, -0.05) is 6.42 Å². The van der Waals surface area contributed by atoms with E-state index < -0.39 is 0 Å². The van der Waals surface area contributed by atoms with E-state index in [2.05, 4.69) is 0 Å². The number of hydrogen-bond donors (Lipinski definition) is 1. The monoisotopic (exact) mass is 264 g/mol. The Morgan fingerprint density at radius 1 is 1.05 bits per heavy atom. The van der Waals surface area contributed by atoms with Gasteiger partial charge in [-0.3, -0.25) is 9.59 Å². The first-order valence-electron chi connectivity index (χ1n) is 7.70. The summed E-state index contributed by atoms with van der Waals surface area (Å²) in [6.45, 7) is 1.43. The van der Waals surface area contributed by atoms with E-state index >= 15 is 0 Å². The van der Waals surface area contributed by atoms with E-state index in [1.54, 1.807) is 0 Å². The Kier molecular flexibility index (Phi) is 3.50. The quantitative estimate of drug-likeness (QED) is 0.840. The lowest BCUT2D eigenvalue weighted by Gasteiger charge is -2.32. The molecule has 4 nitrogen and oxygen atoms in total. The van der Waals surface area contributed by atoms with E-state index in [0.29, 0.717) is 24.9 Å². The maximum Gasteiger partial charge on any atom is 0.222 e. The summed E-state index contributed by atoms with van der Waals surface area (Å²) in [4.78, 5) is 25.4. The number of likely N-dealkylation sites (tertiary alicyclic amines) is 1. The fourth-order valence-electron chi connectivity index (χ4n) is 4.39. The maximum absolute atomic E-state index is 12.3. The van der Waals surface area contributed by atoms with E-state index in [-0.39, 0.29) is 11.8 Å². The van der Waals surface area contributed by atoms with Gasteiger partial charge in [0.15, 0.2) is 0 Å². The Hall–Kier alpha value is -1.06. The number of amides is 2. The van der Waals surface area contributed by atoms with Gasteiger partial charge >= 0.3 is 0 Å². The van der Waals surface area contributed by atoms with Crippen molar-refractivity contribution in [2.75, 3.05) is 13.1 Å². The van der Waals surface area contributed by atoms with Gasteiger partial charge in [0.05, 0.1) is 0 Å². The molecule has 1 aliphatic heterocycles. The molecule has 1 heterocycles. The number of primary amides is 1. The molecule has 2 saturated carbocycles. The topological polar surface area (TPSA) is 63.4 Å². The molecule has 3 atom stereocenters. The molecule has 0 radical (unpaired) electrons. The second kappa shape index (κ2) is 5.14. The molecule has 3 rings (SSSR count). The molecule has 1 saturated heterocycles. The number of nitrogens with zero attached hydrogens (tertiary/aromatic N) is 1. The summed E-state index contributed by atoms with van der Waals surface area (Å²) >= 11 is 0. The van der Waals surface area contributed by atoms with Crippen LogP contribution < -0.4 is 5.73 Å². The van der Waals surface area contributed by atoms with Gasteiger partial charge in [0.1, 0.15) is 0 Å². The van der Waals surface area contributed by atoms with Crippen LogP contribution in [0.15, 0.2) is 0 Å². The van der Waals surface area contributed by atoms with Crippen LogP contribution >= 0.6 is 0 Å². The highest BCUT2D eigenvalue weighted by Gasteiger charge is 2.40. The SMILES string of the molecule is NC(=O)C1CCN(C(=O)C[C@H]2C[C@H]3CC[C@H]2C3)CC1. The number of hydrogen-bond acceptors (Lipinski definition) is 2. The molecule has 2 bridgehead atoms. The number of rotatable bonds is 3. The Bertz CT molecular complexity index is 374. The number of fused-ring (bicyclic) bond motifs is 2. The normalized spacial score (nSPS) is 34.7. The summed E-state index contributed by atoms with van der Waals surface area (Å²) in [5, 5.41) is 0. The lowest BCUT2D eigenvalue weighted by molar-refractivity contribution is -0.136. The molecule has 0 spiro atoms. The molecular weight excluding hydrogens is 240 g/mol. The van der Waals surface area contributed by atoms with Crippen LogP contribution in [0.2, 0.25) is 0 Å². The first-order chi connectivity index (χ1) is 9.13. The van der Waals surface area contributed by atoms with Crippen molar-refractivity contribution in [1.82, 2.24) is 4.90 Å². The second-order valence-corrected chi connectivity index (χ2v) is 6.70. The highest BCUT2D eigenvalue weighted by atomic mass is 16.2. The zero-order valence-corrected chi connectivity index (χ0v) is 11.5. The third kappa shape index (κ3) is 2.63. The predicted octanol–water partition coefficient (Wildman–Crippen LogP) is 1.54.